The van der Waals surface area contributed by atoms with Gasteiger partial charge in [0.1, 0.15) is 24.2 Å². The monoisotopic (exact) mass is 559 g/mol. The Balaban J connectivity index is 1.15. The maximum atomic E-state index is 13.4. The van der Waals surface area contributed by atoms with Crippen molar-refractivity contribution in [2.45, 2.75) is 31.3 Å². The summed E-state index contributed by atoms with van der Waals surface area (Å²) in [7, 11) is 0. The summed E-state index contributed by atoms with van der Waals surface area (Å²) < 4.78 is 6.87. The lowest BCUT2D eigenvalue weighted by molar-refractivity contribution is -0.123. The molecule has 2 atom stereocenters. The Morgan fingerprint density at radius 2 is 1.43 bits per heavy atom. The first kappa shape index (κ1) is 26.9. The number of benzene rings is 4. The fourth-order valence-corrected chi connectivity index (χ4v) is 5.43. The molecule has 9 nitrogen and oxygen atoms in total. The van der Waals surface area contributed by atoms with Crippen molar-refractivity contribution in [1.82, 2.24) is 25.6 Å². The number of nitrogens with zero attached hydrogens (tertiary/aromatic N) is 3. The van der Waals surface area contributed by atoms with E-state index in [1.54, 1.807) is 31.2 Å². The second kappa shape index (κ2) is 11.7. The second-order valence-electron chi connectivity index (χ2n) is 10.3. The van der Waals surface area contributed by atoms with E-state index in [9.17, 15) is 14.4 Å². The summed E-state index contributed by atoms with van der Waals surface area (Å²) in [6.45, 7) is 1.69. The molecular formula is C33H29N5O4. The minimum atomic E-state index is -0.981. The van der Waals surface area contributed by atoms with Crippen molar-refractivity contribution in [2.24, 2.45) is 0 Å². The van der Waals surface area contributed by atoms with Crippen LogP contribution in [0.3, 0.4) is 0 Å². The Kier molecular flexibility index (Phi) is 7.47. The predicted molar refractivity (Wildman–Crippen MR) is 158 cm³/mol. The molecule has 1 heterocycles. The standard InChI is InChI=1S/C33H29N5O4/c1-21(32(40)38-30-18-10-9-17-28(30)36-37-38)34-31(39)29(19-22-11-3-2-4-12-22)35-33(41)42-20-27-25-15-7-5-13-23(25)24-14-6-8-16-26(24)27/h2-18,21,27,29H,19-20H2,1H3,(H,34,39)(H,35,41)/t21-,29-/m0/s1. The Bertz CT molecular complexity index is 1720. The first-order valence-corrected chi connectivity index (χ1v) is 13.8. The van der Waals surface area contributed by atoms with Crippen LogP contribution in [0, 0.1) is 0 Å². The third-order valence-corrected chi connectivity index (χ3v) is 7.52. The molecule has 0 unspecified atom stereocenters. The summed E-state index contributed by atoms with van der Waals surface area (Å²) in [4.78, 5) is 39.7. The lowest BCUT2D eigenvalue weighted by Gasteiger charge is -2.21. The zero-order chi connectivity index (χ0) is 29.1. The summed E-state index contributed by atoms with van der Waals surface area (Å²) >= 11 is 0. The molecule has 0 fully saturated rings. The molecule has 1 aliphatic rings. The first-order chi connectivity index (χ1) is 20.5. The van der Waals surface area contributed by atoms with Gasteiger partial charge in [-0.15, -0.1) is 5.10 Å². The highest BCUT2D eigenvalue weighted by molar-refractivity contribution is 5.95. The van der Waals surface area contributed by atoms with Gasteiger partial charge in [-0.05, 0) is 46.9 Å². The van der Waals surface area contributed by atoms with Crippen LogP contribution >= 0.6 is 0 Å². The fourth-order valence-electron chi connectivity index (χ4n) is 5.43. The number of rotatable bonds is 8. The zero-order valence-corrected chi connectivity index (χ0v) is 22.9. The molecule has 0 spiro atoms. The molecule has 9 heteroatoms. The quantitative estimate of drug-likeness (QED) is 0.284. The number of hydrogen-bond acceptors (Lipinski definition) is 6. The van der Waals surface area contributed by atoms with Gasteiger partial charge < -0.3 is 15.4 Å². The number of nitrogens with one attached hydrogen (secondary N) is 2. The SMILES string of the molecule is C[C@H](NC(=O)[C@H](Cc1ccccc1)NC(=O)OCC1c2ccccc2-c2ccccc21)C(=O)n1nnc2ccccc21. The van der Waals surface area contributed by atoms with Gasteiger partial charge in [-0.3, -0.25) is 9.59 Å². The Morgan fingerprint density at radius 3 is 2.14 bits per heavy atom. The molecule has 1 aliphatic carbocycles. The lowest BCUT2D eigenvalue weighted by atomic mass is 9.98. The number of carbonyl (C=O) groups excluding carboxylic acids is 3. The highest BCUT2D eigenvalue weighted by Gasteiger charge is 2.31. The van der Waals surface area contributed by atoms with E-state index < -0.39 is 30.0 Å². The van der Waals surface area contributed by atoms with Crippen molar-refractivity contribution < 1.29 is 19.1 Å². The van der Waals surface area contributed by atoms with E-state index in [0.717, 1.165) is 27.8 Å². The Morgan fingerprint density at radius 1 is 0.810 bits per heavy atom. The maximum Gasteiger partial charge on any atom is 0.407 e. The second-order valence-corrected chi connectivity index (χ2v) is 10.3. The minimum absolute atomic E-state index is 0.111. The van der Waals surface area contributed by atoms with Gasteiger partial charge in [0.05, 0.1) is 5.52 Å². The van der Waals surface area contributed by atoms with Gasteiger partial charge in [-0.2, -0.15) is 4.68 Å². The van der Waals surface area contributed by atoms with E-state index in [0.29, 0.717) is 11.0 Å². The van der Waals surface area contributed by atoms with E-state index >= 15 is 0 Å². The number of ether oxygens (including phenoxy) is 1. The summed E-state index contributed by atoms with van der Waals surface area (Å²) in [6.07, 6.45) is -0.501. The normalized spacial score (nSPS) is 13.5. The molecule has 210 valence electrons. The van der Waals surface area contributed by atoms with E-state index in [2.05, 4.69) is 33.1 Å². The maximum absolute atomic E-state index is 13.4. The average molecular weight is 560 g/mol. The summed E-state index contributed by atoms with van der Waals surface area (Å²) in [5, 5.41) is 13.4. The number of amides is 2. The molecule has 4 aromatic carbocycles. The summed E-state index contributed by atoms with van der Waals surface area (Å²) in [5.41, 5.74) is 6.41. The van der Waals surface area contributed by atoms with E-state index in [4.69, 9.17) is 4.74 Å². The molecule has 42 heavy (non-hydrogen) atoms. The summed E-state index contributed by atoms with van der Waals surface area (Å²) in [6, 6.07) is 30.7. The molecule has 0 saturated heterocycles. The first-order valence-electron chi connectivity index (χ1n) is 13.8. The zero-order valence-electron chi connectivity index (χ0n) is 22.9. The Hall–Kier alpha value is -5.31. The highest BCUT2D eigenvalue weighted by atomic mass is 16.5. The van der Waals surface area contributed by atoms with Gasteiger partial charge in [-0.25, -0.2) is 4.79 Å². The summed E-state index contributed by atoms with van der Waals surface area (Å²) in [5.74, 6) is -1.08. The molecule has 0 bridgehead atoms. The molecule has 6 rings (SSSR count). The number of aromatic nitrogens is 3. The molecule has 1 aromatic heterocycles. The van der Waals surface area contributed by atoms with Gasteiger partial charge in [0.25, 0.3) is 5.91 Å². The van der Waals surface area contributed by atoms with E-state index in [1.807, 2.05) is 66.7 Å². The molecule has 2 amide bonds. The topological polar surface area (TPSA) is 115 Å². The lowest BCUT2D eigenvalue weighted by Crippen LogP contribution is -2.52. The van der Waals surface area contributed by atoms with Gasteiger partial charge >= 0.3 is 6.09 Å². The number of fused-ring (bicyclic) bond motifs is 4. The third kappa shape index (κ3) is 5.36. The molecular weight excluding hydrogens is 530 g/mol. The van der Waals surface area contributed by atoms with Crippen LogP contribution in [0.1, 0.15) is 34.3 Å². The van der Waals surface area contributed by atoms with Crippen molar-refractivity contribution in [3.05, 3.63) is 120 Å². The van der Waals surface area contributed by atoms with Crippen LogP contribution in [0.25, 0.3) is 22.2 Å². The van der Waals surface area contributed by atoms with Crippen molar-refractivity contribution in [2.75, 3.05) is 6.61 Å². The molecule has 0 saturated carbocycles. The predicted octanol–water partition coefficient (Wildman–Crippen LogP) is 4.73. The van der Waals surface area contributed by atoms with E-state index in [-0.39, 0.29) is 18.9 Å². The van der Waals surface area contributed by atoms with Gasteiger partial charge in [0, 0.05) is 12.3 Å². The molecule has 0 aliphatic heterocycles. The molecule has 5 aromatic rings. The van der Waals surface area contributed by atoms with Crippen LogP contribution in [0.2, 0.25) is 0 Å². The molecule has 2 N–H and O–H groups in total. The highest BCUT2D eigenvalue weighted by Crippen LogP contribution is 2.44. The van der Waals surface area contributed by atoms with Crippen LogP contribution in [-0.2, 0) is 16.0 Å². The van der Waals surface area contributed by atoms with Crippen molar-refractivity contribution in [1.29, 1.82) is 0 Å². The van der Waals surface area contributed by atoms with Crippen molar-refractivity contribution in [3.8, 4) is 11.1 Å². The number of carbonyl (C=O) groups is 3. The van der Waals surface area contributed by atoms with Gasteiger partial charge in [0.2, 0.25) is 5.91 Å². The van der Waals surface area contributed by atoms with Crippen LogP contribution < -0.4 is 10.6 Å². The smallest absolute Gasteiger partial charge is 0.407 e. The number of alkyl carbamates (subject to hydrolysis) is 1. The Labute approximate surface area is 242 Å². The van der Waals surface area contributed by atoms with Gasteiger partial charge in [-0.1, -0.05) is 96.2 Å². The van der Waals surface area contributed by atoms with Crippen LogP contribution in [0.5, 0.6) is 0 Å². The largest absolute Gasteiger partial charge is 0.449 e. The van der Waals surface area contributed by atoms with Gasteiger partial charge in [0.15, 0.2) is 0 Å². The van der Waals surface area contributed by atoms with Crippen LogP contribution in [0.15, 0.2) is 103 Å². The van der Waals surface area contributed by atoms with Crippen molar-refractivity contribution >= 4 is 28.9 Å². The minimum Gasteiger partial charge on any atom is -0.449 e. The van der Waals surface area contributed by atoms with Crippen molar-refractivity contribution in [3.63, 3.8) is 0 Å². The number of hydrogen-bond donors (Lipinski definition) is 2. The third-order valence-electron chi connectivity index (χ3n) is 7.52. The van der Waals surface area contributed by atoms with Crippen LogP contribution in [0.4, 0.5) is 4.79 Å². The van der Waals surface area contributed by atoms with E-state index in [1.165, 1.54) is 4.68 Å². The fraction of sp³-hybridized carbons (Fsp3) is 0.182. The van der Waals surface area contributed by atoms with Crippen LogP contribution in [-0.4, -0.2) is 51.6 Å². The molecule has 0 radical (unpaired) electrons. The average Bonchev–Trinajstić information content (AvgIpc) is 3.59. The number of para-hydroxylation sites is 1.